The molecule has 0 aliphatic heterocycles. The van der Waals surface area contributed by atoms with Crippen LogP contribution in [0.5, 0.6) is 0 Å². The number of hydrogen-bond donors (Lipinski definition) is 0. The van der Waals surface area contributed by atoms with Crippen molar-refractivity contribution in [2.75, 3.05) is 4.90 Å². The van der Waals surface area contributed by atoms with Crippen molar-refractivity contribution in [1.29, 1.82) is 0 Å². The molecule has 1 aromatic heterocycles. The smallest absolute Gasteiger partial charge is 0.0713 e. The Hall–Kier alpha value is -8.98. The first-order valence-electron chi connectivity index (χ1n) is 23.8. The van der Waals surface area contributed by atoms with Crippen molar-refractivity contribution in [3.63, 3.8) is 0 Å². The van der Waals surface area contributed by atoms with Gasteiger partial charge in [0.05, 0.1) is 22.1 Å². The van der Waals surface area contributed by atoms with Gasteiger partial charge in [-0.3, -0.25) is 0 Å². The standard InChI is InChI=1S/C67H46N2/c1-5-20-47(21-6-1)49-22-19-23-50(44-49)48-36-39-55(40-37-48)68(54-28-11-4-12-29-54)64-34-17-14-30-57(64)51-38-42-60-59-32-15-18-35-65(59)69(66(60)45-51)56-41-43-63-61(46-56)58-31-13-16-33-62(58)67(63,52-24-7-2-8-25-52)53-26-9-3-10-27-53/h1-46H. The summed E-state index contributed by atoms with van der Waals surface area (Å²) in [5.74, 6) is 0. The van der Waals surface area contributed by atoms with Gasteiger partial charge in [0.25, 0.3) is 0 Å². The summed E-state index contributed by atoms with van der Waals surface area (Å²) in [4.78, 5) is 2.39. The first kappa shape index (κ1) is 40.3. The van der Waals surface area contributed by atoms with Crippen LogP contribution in [-0.2, 0) is 5.41 Å². The van der Waals surface area contributed by atoms with Gasteiger partial charge in [0, 0.05) is 33.4 Å². The third-order valence-corrected chi connectivity index (χ3v) is 14.3. The Balaban J connectivity index is 0.954. The van der Waals surface area contributed by atoms with Crippen LogP contribution in [0.2, 0.25) is 0 Å². The number of hydrogen-bond acceptors (Lipinski definition) is 1. The maximum absolute atomic E-state index is 2.48. The maximum Gasteiger partial charge on any atom is 0.0713 e. The van der Waals surface area contributed by atoms with Gasteiger partial charge in [-0.1, -0.05) is 218 Å². The van der Waals surface area contributed by atoms with E-state index in [1.165, 1.54) is 77.4 Å². The Bertz CT molecular complexity index is 3780. The highest BCUT2D eigenvalue weighted by molar-refractivity contribution is 6.11. The lowest BCUT2D eigenvalue weighted by molar-refractivity contribution is 0.768. The van der Waals surface area contributed by atoms with E-state index in [0.29, 0.717) is 0 Å². The number of benzene rings is 11. The van der Waals surface area contributed by atoms with E-state index in [1.807, 2.05) is 0 Å². The highest BCUT2D eigenvalue weighted by Gasteiger charge is 2.46. The molecule has 12 aromatic rings. The van der Waals surface area contributed by atoms with E-state index in [2.05, 4.69) is 289 Å². The molecule has 1 aliphatic rings. The second-order valence-electron chi connectivity index (χ2n) is 18.0. The molecular formula is C67H46N2. The van der Waals surface area contributed by atoms with Gasteiger partial charge in [0.1, 0.15) is 0 Å². The van der Waals surface area contributed by atoms with Gasteiger partial charge in [-0.25, -0.2) is 0 Å². The van der Waals surface area contributed by atoms with Crippen LogP contribution in [0.25, 0.3) is 72.0 Å². The molecule has 1 aliphatic carbocycles. The van der Waals surface area contributed by atoms with Crippen LogP contribution in [0, 0.1) is 0 Å². The molecule has 0 radical (unpaired) electrons. The van der Waals surface area contributed by atoms with Crippen molar-refractivity contribution < 1.29 is 0 Å². The van der Waals surface area contributed by atoms with E-state index < -0.39 is 5.41 Å². The fraction of sp³-hybridized carbons (Fsp3) is 0.0149. The zero-order valence-corrected chi connectivity index (χ0v) is 38.0. The summed E-state index contributed by atoms with van der Waals surface area (Å²) in [7, 11) is 0. The quantitative estimate of drug-likeness (QED) is 0.140. The molecule has 0 N–H and O–H groups in total. The van der Waals surface area contributed by atoms with Crippen LogP contribution >= 0.6 is 0 Å². The van der Waals surface area contributed by atoms with E-state index in [4.69, 9.17) is 0 Å². The Kier molecular flexibility index (Phi) is 9.77. The second-order valence-corrected chi connectivity index (χ2v) is 18.0. The monoisotopic (exact) mass is 878 g/mol. The van der Waals surface area contributed by atoms with E-state index in [-0.39, 0.29) is 0 Å². The molecule has 2 heteroatoms. The Labute approximate surface area is 403 Å². The Morgan fingerprint density at radius 3 is 1.54 bits per heavy atom. The largest absolute Gasteiger partial charge is 0.310 e. The third-order valence-electron chi connectivity index (χ3n) is 14.3. The molecule has 324 valence electrons. The summed E-state index contributed by atoms with van der Waals surface area (Å²) in [5.41, 5.74) is 21.1. The van der Waals surface area contributed by atoms with E-state index in [1.54, 1.807) is 0 Å². The molecular weight excluding hydrogens is 833 g/mol. The number of fused-ring (bicyclic) bond motifs is 6. The van der Waals surface area contributed by atoms with Crippen LogP contribution in [0.3, 0.4) is 0 Å². The lowest BCUT2D eigenvalue weighted by Gasteiger charge is -2.33. The summed E-state index contributed by atoms with van der Waals surface area (Å²) < 4.78 is 2.48. The Morgan fingerprint density at radius 1 is 0.290 bits per heavy atom. The fourth-order valence-electron chi connectivity index (χ4n) is 11.2. The number of nitrogens with zero attached hydrogens (tertiary/aromatic N) is 2. The predicted molar refractivity (Wildman–Crippen MR) is 289 cm³/mol. The number of aromatic nitrogens is 1. The highest BCUT2D eigenvalue weighted by Crippen LogP contribution is 2.56. The highest BCUT2D eigenvalue weighted by atomic mass is 15.1. The molecule has 69 heavy (non-hydrogen) atoms. The average molecular weight is 879 g/mol. The minimum atomic E-state index is -0.455. The minimum Gasteiger partial charge on any atom is -0.310 e. The molecule has 2 nitrogen and oxygen atoms in total. The second kappa shape index (κ2) is 16.7. The molecule has 0 fully saturated rings. The van der Waals surface area contributed by atoms with Gasteiger partial charge in [-0.2, -0.15) is 0 Å². The molecule has 13 rings (SSSR count). The number of para-hydroxylation sites is 3. The topological polar surface area (TPSA) is 8.17 Å². The van der Waals surface area contributed by atoms with Crippen LogP contribution in [0.4, 0.5) is 17.1 Å². The van der Waals surface area contributed by atoms with Gasteiger partial charge in [0.15, 0.2) is 0 Å². The lowest BCUT2D eigenvalue weighted by atomic mass is 9.68. The molecule has 0 bridgehead atoms. The number of anilines is 3. The van der Waals surface area contributed by atoms with Crippen LogP contribution in [0.15, 0.2) is 279 Å². The summed E-state index contributed by atoms with van der Waals surface area (Å²) >= 11 is 0. The Morgan fingerprint density at radius 2 is 0.812 bits per heavy atom. The van der Waals surface area contributed by atoms with E-state index in [0.717, 1.165) is 33.9 Å². The minimum absolute atomic E-state index is 0.455. The molecule has 0 unspecified atom stereocenters. The average Bonchev–Trinajstić information content (AvgIpc) is 3.92. The molecule has 0 amide bonds. The zero-order valence-electron chi connectivity index (χ0n) is 38.0. The van der Waals surface area contributed by atoms with Crippen LogP contribution in [0.1, 0.15) is 22.3 Å². The number of rotatable bonds is 9. The molecule has 0 saturated carbocycles. The third kappa shape index (κ3) is 6.64. The predicted octanol–water partition coefficient (Wildman–Crippen LogP) is 17.6. The fourth-order valence-corrected chi connectivity index (χ4v) is 11.2. The van der Waals surface area contributed by atoms with Gasteiger partial charge in [-0.05, 0) is 122 Å². The van der Waals surface area contributed by atoms with Crippen molar-refractivity contribution >= 4 is 38.9 Å². The maximum atomic E-state index is 2.48. The van der Waals surface area contributed by atoms with Crippen LogP contribution < -0.4 is 4.90 Å². The molecule has 11 aromatic carbocycles. The summed E-state index contributed by atoms with van der Waals surface area (Å²) in [6.07, 6.45) is 0. The molecule has 1 heterocycles. The SMILES string of the molecule is c1ccc(-c2cccc(-c3ccc(N(c4ccccc4)c4ccccc4-c4ccc5c6ccccc6n(-c6ccc7c(c6)-c6ccccc6C7(c6ccccc6)c6ccccc6)c5c4)cc3)c2)cc1. The van der Waals surface area contributed by atoms with Gasteiger partial charge < -0.3 is 9.47 Å². The van der Waals surface area contributed by atoms with Crippen molar-refractivity contribution in [2.45, 2.75) is 5.41 Å². The van der Waals surface area contributed by atoms with E-state index >= 15 is 0 Å². The normalized spacial score (nSPS) is 12.5. The van der Waals surface area contributed by atoms with Crippen molar-refractivity contribution in [3.8, 4) is 50.2 Å². The first-order valence-corrected chi connectivity index (χ1v) is 23.8. The lowest BCUT2D eigenvalue weighted by Crippen LogP contribution is -2.28. The zero-order chi connectivity index (χ0) is 45.7. The molecule has 0 saturated heterocycles. The van der Waals surface area contributed by atoms with Gasteiger partial charge in [0.2, 0.25) is 0 Å². The summed E-state index contributed by atoms with van der Waals surface area (Å²) in [5, 5.41) is 2.46. The molecule has 0 atom stereocenters. The van der Waals surface area contributed by atoms with Crippen LogP contribution in [-0.4, -0.2) is 4.57 Å². The van der Waals surface area contributed by atoms with Gasteiger partial charge >= 0.3 is 0 Å². The first-order chi connectivity index (χ1) is 34.2. The van der Waals surface area contributed by atoms with E-state index in [9.17, 15) is 0 Å². The van der Waals surface area contributed by atoms with Gasteiger partial charge in [-0.15, -0.1) is 0 Å². The van der Waals surface area contributed by atoms with Crippen molar-refractivity contribution in [3.05, 3.63) is 301 Å². The summed E-state index contributed by atoms with van der Waals surface area (Å²) in [6.45, 7) is 0. The molecule has 0 spiro atoms. The summed E-state index contributed by atoms with van der Waals surface area (Å²) in [6, 6.07) is 102. The van der Waals surface area contributed by atoms with Crippen molar-refractivity contribution in [1.82, 2.24) is 4.57 Å². The van der Waals surface area contributed by atoms with Crippen molar-refractivity contribution in [2.24, 2.45) is 0 Å².